The highest BCUT2D eigenvalue weighted by Gasteiger charge is 2.27. The van der Waals surface area contributed by atoms with Gasteiger partial charge in [0.05, 0.1) is 5.56 Å². The second-order valence-electron chi connectivity index (χ2n) is 2.99. The van der Waals surface area contributed by atoms with Crippen LogP contribution in [0.25, 0.3) is 0 Å². The van der Waals surface area contributed by atoms with Gasteiger partial charge in [-0.25, -0.2) is 4.79 Å². The predicted octanol–water partition coefficient (Wildman–Crippen LogP) is 2.05. The van der Waals surface area contributed by atoms with Gasteiger partial charge < -0.3 is 4.74 Å². The molecule has 70 valence electrons. The molecule has 1 heterocycles. The molecule has 0 N–H and O–H groups in total. The van der Waals surface area contributed by atoms with Crippen LogP contribution < -0.4 is 0 Å². The smallest absolute Gasteiger partial charge is 0.339 e. The number of hydrogen-bond acceptors (Lipinski definition) is 3. The van der Waals surface area contributed by atoms with Crippen molar-refractivity contribution < 1.29 is 9.53 Å². The highest BCUT2D eigenvalue weighted by atomic mass is 79.9. The van der Waals surface area contributed by atoms with Crippen molar-refractivity contribution in [2.45, 2.75) is 12.5 Å². The molecule has 0 aromatic heterocycles. The van der Waals surface area contributed by atoms with Crippen molar-refractivity contribution in [1.82, 2.24) is 0 Å². The van der Waals surface area contributed by atoms with Gasteiger partial charge >= 0.3 is 5.97 Å². The van der Waals surface area contributed by atoms with Crippen molar-refractivity contribution in [1.29, 1.82) is 5.26 Å². The minimum atomic E-state index is -0.659. The van der Waals surface area contributed by atoms with Crippen LogP contribution in [-0.2, 0) is 11.2 Å². The van der Waals surface area contributed by atoms with E-state index in [2.05, 4.69) is 15.9 Å². The van der Waals surface area contributed by atoms with Gasteiger partial charge in [0, 0.05) is 10.9 Å². The monoisotopic (exact) mass is 251 g/mol. The van der Waals surface area contributed by atoms with E-state index in [1.807, 2.05) is 12.1 Å². The van der Waals surface area contributed by atoms with Gasteiger partial charge in [-0.3, -0.25) is 0 Å². The SMILES string of the molecule is N#CC1Cc2c(Br)cccc2C(=O)O1. The Balaban J connectivity index is 2.52. The van der Waals surface area contributed by atoms with Crippen LogP contribution in [0.2, 0.25) is 0 Å². The number of ether oxygens (including phenoxy) is 1. The Morgan fingerprint density at radius 1 is 1.57 bits per heavy atom. The van der Waals surface area contributed by atoms with Crippen molar-refractivity contribution in [3.63, 3.8) is 0 Å². The minimum absolute atomic E-state index is 0.417. The van der Waals surface area contributed by atoms with Crippen LogP contribution in [0.3, 0.4) is 0 Å². The zero-order valence-corrected chi connectivity index (χ0v) is 8.74. The number of cyclic esters (lactones) is 1. The van der Waals surface area contributed by atoms with Crippen LogP contribution >= 0.6 is 15.9 Å². The lowest BCUT2D eigenvalue weighted by atomic mass is 9.99. The average molecular weight is 252 g/mol. The van der Waals surface area contributed by atoms with Gasteiger partial charge in [0.2, 0.25) is 0 Å². The van der Waals surface area contributed by atoms with E-state index in [1.54, 1.807) is 12.1 Å². The highest BCUT2D eigenvalue weighted by molar-refractivity contribution is 9.10. The third-order valence-electron chi connectivity index (χ3n) is 2.12. The van der Waals surface area contributed by atoms with Crippen molar-refractivity contribution >= 4 is 21.9 Å². The summed E-state index contributed by atoms with van der Waals surface area (Å²) in [5.74, 6) is -0.417. The number of esters is 1. The molecule has 0 spiro atoms. The molecule has 3 nitrogen and oxygen atoms in total. The lowest BCUT2D eigenvalue weighted by Gasteiger charge is -2.20. The largest absolute Gasteiger partial charge is 0.443 e. The summed E-state index contributed by atoms with van der Waals surface area (Å²) in [5.41, 5.74) is 1.40. The third-order valence-corrected chi connectivity index (χ3v) is 2.86. The molecular weight excluding hydrogens is 246 g/mol. The van der Waals surface area contributed by atoms with Crippen molar-refractivity contribution in [2.24, 2.45) is 0 Å². The summed E-state index contributed by atoms with van der Waals surface area (Å²) in [6, 6.07) is 7.27. The molecule has 2 rings (SSSR count). The molecule has 0 amide bonds. The molecule has 1 aliphatic rings. The summed E-state index contributed by atoms with van der Waals surface area (Å²) < 4.78 is 5.75. The Hall–Kier alpha value is -1.34. The average Bonchev–Trinajstić information content (AvgIpc) is 2.19. The second-order valence-corrected chi connectivity index (χ2v) is 3.85. The molecule has 0 radical (unpaired) electrons. The predicted molar refractivity (Wildman–Crippen MR) is 52.7 cm³/mol. The normalized spacial score (nSPS) is 19.4. The van der Waals surface area contributed by atoms with Gasteiger partial charge in [-0.15, -0.1) is 0 Å². The molecule has 0 bridgehead atoms. The summed E-state index contributed by atoms with van der Waals surface area (Å²) >= 11 is 3.35. The fourth-order valence-corrected chi connectivity index (χ4v) is 1.98. The summed E-state index contributed by atoms with van der Waals surface area (Å²) in [7, 11) is 0. The first-order valence-corrected chi connectivity index (χ1v) is 4.89. The van der Waals surface area contributed by atoms with Crippen LogP contribution in [0.5, 0.6) is 0 Å². The lowest BCUT2D eigenvalue weighted by Crippen LogP contribution is -2.26. The van der Waals surface area contributed by atoms with Gasteiger partial charge in [-0.05, 0) is 17.7 Å². The van der Waals surface area contributed by atoms with Crippen LogP contribution in [0.4, 0.5) is 0 Å². The Morgan fingerprint density at radius 2 is 2.36 bits per heavy atom. The van der Waals surface area contributed by atoms with Crippen LogP contribution in [-0.4, -0.2) is 12.1 Å². The van der Waals surface area contributed by atoms with Gasteiger partial charge in [-0.1, -0.05) is 22.0 Å². The molecule has 4 heteroatoms. The molecule has 0 aliphatic carbocycles. The molecule has 0 saturated carbocycles. The maximum Gasteiger partial charge on any atom is 0.339 e. The van der Waals surface area contributed by atoms with E-state index in [0.717, 1.165) is 10.0 Å². The number of carbonyl (C=O) groups is 1. The molecule has 1 atom stereocenters. The Morgan fingerprint density at radius 3 is 3.07 bits per heavy atom. The van der Waals surface area contributed by atoms with E-state index < -0.39 is 12.1 Å². The number of nitriles is 1. The summed E-state index contributed by atoms with van der Waals surface area (Å²) in [6.07, 6.45) is -0.201. The topological polar surface area (TPSA) is 50.1 Å². The molecule has 0 saturated heterocycles. The van der Waals surface area contributed by atoms with Crippen LogP contribution in [0.1, 0.15) is 15.9 Å². The Labute approximate surface area is 89.4 Å². The number of carbonyl (C=O) groups excluding carboxylic acids is 1. The standard InChI is InChI=1S/C10H6BrNO2/c11-9-3-1-2-7-8(9)4-6(5-12)14-10(7)13/h1-3,6H,4H2. The molecule has 1 aromatic rings. The molecule has 1 aliphatic heterocycles. The molecule has 0 fully saturated rings. The number of halogens is 1. The Bertz CT molecular complexity index is 436. The summed E-state index contributed by atoms with van der Waals surface area (Å²) in [4.78, 5) is 11.4. The van der Waals surface area contributed by atoms with E-state index in [-0.39, 0.29) is 0 Å². The number of nitrogens with zero attached hydrogens (tertiary/aromatic N) is 1. The first-order chi connectivity index (χ1) is 6.72. The fourth-order valence-electron chi connectivity index (χ4n) is 1.45. The number of benzene rings is 1. The van der Waals surface area contributed by atoms with E-state index in [4.69, 9.17) is 10.00 Å². The zero-order chi connectivity index (χ0) is 10.1. The van der Waals surface area contributed by atoms with E-state index in [9.17, 15) is 4.79 Å². The van der Waals surface area contributed by atoms with E-state index in [1.165, 1.54) is 0 Å². The molecular formula is C10H6BrNO2. The highest BCUT2D eigenvalue weighted by Crippen LogP contribution is 2.27. The minimum Gasteiger partial charge on any atom is -0.443 e. The molecule has 1 unspecified atom stereocenters. The van der Waals surface area contributed by atoms with Gasteiger partial charge in [0.25, 0.3) is 0 Å². The quantitative estimate of drug-likeness (QED) is 0.664. The van der Waals surface area contributed by atoms with Crippen molar-refractivity contribution in [3.8, 4) is 6.07 Å². The number of fused-ring (bicyclic) bond motifs is 1. The maximum atomic E-state index is 11.4. The summed E-state index contributed by atoms with van der Waals surface area (Å²) in [6.45, 7) is 0. The van der Waals surface area contributed by atoms with Gasteiger partial charge in [0.15, 0.2) is 6.10 Å². The van der Waals surface area contributed by atoms with Crippen LogP contribution in [0, 0.1) is 11.3 Å². The van der Waals surface area contributed by atoms with Crippen molar-refractivity contribution in [2.75, 3.05) is 0 Å². The first kappa shape index (κ1) is 9.22. The van der Waals surface area contributed by atoms with Gasteiger partial charge in [0.1, 0.15) is 6.07 Å². The summed E-state index contributed by atoms with van der Waals surface area (Å²) in [5, 5.41) is 8.68. The number of rotatable bonds is 0. The zero-order valence-electron chi connectivity index (χ0n) is 7.16. The van der Waals surface area contributed by atoms with E-state index in [0.29, 0.717) is 12.0 Å². The third kappa shape index (κ3) is 1.40. The second kappa shape index (κ2) is 3.43. The molecule has 1 aromatic carbocycles. The first-order valence-electron chi connectivity index (χ1n) is 4.10. The van der Waals surface area contributed by atoms with E-state index >= 15 is 0 Å². The number of hydrogen-bond donors (Lipinski definition) is 0. The lowest BCUT2D eigenvalue weighted by molar-refractivity contribution is 0.0370. The van der Waals surface area contributed by atoms with Crippen LogP contribution in [0.15, 0.2) is 22.7 Å². The molecule has 14 heavy (non-hydrogen) atoms. The van der Waals surface area contributed by atoms with Gasteiger partial charge in [-0.2, -0.15) is 5.26 Å². The maximum absolute atomic E-state index is 11.4. The van der Waals surface area contributed by atoms with Crippen molar-refractivity contribution in [3.05, 3.63) is 33.8 Å². The Kier molecular flexibility index (Phi) is 2.26. The fraction of sp³-hybridized carbons (Fsp3) is 0.200.